The van der Waals surface area contributed by atoms with Gasteiger partial charge in [-0.1, -0.05) is 36.4 Å². The highest BCUT2D eigenvalue weighted by Gasteiger charge is 2.27. The Morgan fingerprint density at radius 3 is 1.79 bits per heavy atom. The fourth-order valence-corrected chi connectivity index (χ4v) is 3.46. The molecule has 0 aliphatic carbocycles. The summed E-state index contributed by atoms with van der Waals surface area (Å²) >= 11 is 0. The highest BCUT2D eigenvalue weighted by molar-refractivity contribution is 6.01. The van der Waals surface area contributed by atoms with Crippen LogP contribution in [0.2, 0.25) is 0 Å². The predicted molar refractivity (Wildman–Crippen MR) is 99.5 cm³/mol. The second kappa shape index (κ2) is 8.11. The van der Waals surface area contributed by atoms with E-state index in [0.717, 1.165) is 50.1 Å². The Labute approximate surface area is 144 Å². The fourth-order valence-electron chi connectivity index (χ4n) is 3.46. The summed E-state index contributed by atoms with van der Waals surface area (Å²) in [6.45, 7) is 2.17. The average molecular weight is 322 g/mol. The van der Waals surface area contributed by atoms with Crippen LogP contribution in [0.15, 0.2) is 60.7 Å². The van der Waals surface area contributed by atoms with Gasteiger partial charge in [0.05, 0.1) is 0 Å². The Hall–Kier alpha value is -2.13. The van der Waals surface area contributed by atoms with Crippen LogP contribution in [-0.2, 0) is 4.79 Å². The SMILES string of the molecule is CN1CCCC(C(=O)N(c2ccccc2)c2ccccc2)CCC1. The van der Waals surface area contributed by atoms with E-state index in [1.54, 1.807) is 0 Å². The number of carbonyl (C=O) groups excluding carboxylic acids is 1. The molecule has 1 heterocycles. The van der Waals surface area contributed by atoms with E-state index in [1.165, 1.54) is 0 Å². The lowest BCUT2D eigenvalue weighted by Crippen LogP contribution is -2.35. The zero-order chi connectivity index (χ0) is 16.8. The van der Waals surface area contributed by atoms with Gasteiger partial charge < -0.3 is 4.90 Å². The van der Waals surface area contributed by atoms with Crippen molar-refractivity contribution in [2.75, 3.05) is 25.0 Å². The van der Waals surface area contributed by atoms with E-state index in [0.29, 0.717) is 0 Å². The first kappa shape index (κ1) is 16.7. The monoisotopic (exact) mass is 322 g/mol. The van der Waals surface area contributed by atoms with E-state index in [2.05, 4.69) is 11.9 Å². The summed E-state index contributed by atoms with van der Waals surface area (Å²) in [7, 11) is 2.17. The molecular formula is C21H26N2O. The second-order valence-corrected chi connectivity index (χ2v) is 6.63. The van der Waals surface area contributed by atoms with E-state index in [-0.39, 0.29) is 11.8 Å². The molecule has 1 aliphatic rings. The van der Waals surface area contributed by atoms with Crippen molar-refractivity contribution in [3.05, 3.63) is 60.7 Å². The first-order chi connectivity index (χ1) is 11.8. The molecule has 3 heteroatoms. The van der Waals surface area contributed by atoms with Gasteiger partial charge in [0, 0.05) is 17.3 Å². The van der Waals surface area contributed by atoms with Gasteiger partial charge in [0.15, 0.2) is 0 Å². The zero-order valence-corrected chi connectivity index (χ0v) is 14.4. The summed E-state index contributed by atoms with van der Waals surface area (Å²) in [4.78, 5) is 17.6. The third-order valence-electron chi connectivity index (χ3n) is 4.78. The van der Waals surface area contributed by atoms with Crippen LogP contribution < -0.4 is 4.90 Å². The molecule has 1 aliphatic heterocycles. The average Bonchev–Trinajstić information content (AvgIpc) is 2.60. The van der Waals surface area contributed by atoms with Crippen molar-refractivity contribution in [2.45, 2.75) is 25.7 Å². The molecule has 1 fully saturated rings. The lowest BCUT2D eigenvalue weighted by molar-refractivity contribution is -0.122. The number of anilines is 2. The summed E-state index contributed by atoms with van der Waals surface area (Å²) in [5.74, 6) is 0.344. The number of hydrogen-bond acceptors (Lipinski definition) is 2. The Balaban J connectivity index is 1.86. The predicted octanol–water partition coefficient (Wildman–Crippen LogP) is 4.47. The summed E-state index contributed by atoms with van der Waals surface area (Å²) in [6.07, 6.45) is 4.12. The molecule has 2 aromatic carbocycles. The van der Waals surface area contributed by atoms with Gasteiger partial charge in [-0.05, 0) is 70.1 Å². The lowest BCUT2D eigenvalue weighted by Gasteiger charge is -2.30. The molecule has 0 aromatic heterocycles. The molecule has 3 rings (SSSR count). The van der Waals surface area contributed by atoms with Crippen molar-refractivity contribution < 1.29 is 4.79 Å². The van der Waals surface area contributed by atoms with Crippen LogP contribution in [0.5, 0.6) is 0 Å². The number of nitrogens with zero attached hydrogens (tertiary/aromatic N) is 2. The molecule has 0 spiro atoms. The molecule has 3 nitrogen and oxygen atoms in total. The Morgan fingerprint density at radius 2 is 1.33 bits per heavy atom. The normalized spacial score (nSPS) is 17.0. The maximum absolute atomic E-state index is 13.4. The van der Waals surface area contributed by atoms with Crippen LogP contribution in [0.1, 0.15) is 25.7 Å². The van der Waals surface area contributed by atoms with Crippen molar-refractivity contribution in [2.24, 2.45) is 5.92 Å². The van der Waals surface area contributed by atoms with Crippen LogP contribution in [0.4, 0.5) is 11.4 Å². The first-order valence-corrected chi connectivity index (χ1v) is 8.88. The van der Waals surface area contributed by atoms with Gasteiger partial charge in [-0.3, -0.25) is 9.69 Å². The molecule has 0 radical (unpaired) electrons. The van der Waals surface area contributed by atoms with Gasteiger partial charge in [-0.15, -0.1) is 0 Å². The van der Waals surface area contributed by atoms with Crippen LogP contribution in [-0.4, -0.2) is 30.9 Å². The highest BCUT2D eigenvalue weighted by atomic mass is 16.2. The molecule has 0 N–H and O–H groups in total. The molecular weight excluding hydrogens is 296 g/mol. The third-order valence-corrected chi connectivity index (χ3v) is 4.78. The van der Waals surface area contributed by atoms with E-state index in [4.69, 9.17) is 0 Å². The van der Waals surface area contributed by atoms with Crippen LogP contribution >= 0.6 is 0 Å². The fraction of sp³-hybridized carbons (Fsp3) is 0.381. The topological polar surface area (TPSA) is 23.6 Å². The minimum atomic E-state index is 0.110. The van der Waals surface area contributed by atoms with Crippen molar-refractivity contribution >= 4 is 17.3 Å². The first-order valence-electron chi connectivity index (χ1n) is 8.88. The Morgan fingerprint density at radius 1 is 0.875 bits per heavy atom. The number of amides is 1. The molecule has 2 aromatic rings. The molecule has 0 bridgehead atoms. The maximum atomic E-state index is 13.4. The largest absolute Gasteiger partial charge is 0.306 e. The number of likely N-dealkylation sites (tertiary alicyclic amines) is 1. The quantitative estimate of drug-likeness (QED) is 0.832. The number of rotatable bonds is 3. The molecule has 1 amide bonds. The number of benzene rings is 2. The van der Waals surface area contributed by atoms with Crippen molar-refractivity contribution in [3.63, 3.8) is 0 Å². The minimum Gasteiger partial charge on any atom is -0.306 e. The van der Waals surface area contributed by atoms with Gasteiger partial charge in [-0.25, -0.2) is 0 Å². The smallest absolute Gasteiger partial charge is 0.234 e. The number of hydrogen-bond donors (Lipinski definition) is 0. The Bertz CT molecular complexity index is 592. The summed E-state index contributed by atoms with van der Waals surface area (Å²) in [5, 5.41) is 0. The van der Waals surface area contributed by atoms with E-state index < -0.39 is 0 Å². The van der Waals surface area contributed by atoms with Crippen molar-refractivity contribution in [3.8, 4) is 0 Å². The second-order valence-electron chi connectivity index (χ2n) is 6.63. The third kappa shape index (κ3) is 4.04. The minimum absolute atomic E-state index is 0.110. The lowest BCUT2D eigenvalue weighted by atomic mass is 9.93. The molecule has 126 valence electrons. The zero-order valence-electron chi connectivity index (χ0n) is 14.4. The Kier molecular flexibility index (Phi) is 5.65. The van der Waals surface area contributed by atoms with Gasteiger partial charge >= 0.3 is 0 Å². The van der Waals surface area contributed by atoms with E-state index in [9.17, 15) is 4.79 Å². The van der Waals surface area contributed by atoms with Crippen LogP contribution in [0, 0.1) is 5.92 Å². The summed E-state index contributed by atoms with van der Waals surface area (Å²) in [5.41, 5.74) is 1.90. The highest BCUT2D eigenvalue weighted by Crippen LogP contribution is 2.30. The molecule has 1 saturated heterocycles. The summed E-state index contributed by atoms with van der Waals surface area (Å²) < 4.78 is 0. The van der Waals surface area contributed by atoms with Gasteiger partial charge in [0.1, 0.15) is 0 Å². The molecule has 0 unspecified atom stereocenters. The molecule has 0 atom stereocenters. The number of carbonyl (C=O) groups is 1. The summed E-state index contributed by atoms with van der Waals surface area (Å²) in [6, 6.07) is 20.0. The van der Waals surface area contributed by atoms with E-state index >= 15 is 0 Å². The van der Waals surface area contributed by atoms with Crippen LogP contribution in [0.3, 0.4) is 0 Å². The van der Waals surface area contributed by atoms with E-state index in [1.807, 2.05) is 65.6 Å². The van der Waals surface area contributed by atoms with Crippen LogP contribution in [0.25, 0.3) is 0 Å². The standard InChI is InChI=1S/C21H26N2O/c1-22-16-8-10-18(11-9-17-22)21(24)23(19-12-4-2-5-13-19)20-14-6-3-7-15-20/h2-7,12-15,18H,8-11,16-17H2,1H3. The number of para-hydroxylation sites is 2. The van der Waals surface area contributed by atoms with Crippen molar-refractivity contribution in [1.82, 2.24) is 4.90 Å². The van der Waals surface area contributed by atoms with Gasteiger partial charge in [0.25, 0.3) is 0 Å². The molecule has 24 heavy (non-hydrogen) atoms. The maximum Gasteiger partial charge on any atom is 0.234 e. The van der Waals surface area contributed by atoms with Gasteiger partial charge in [-0.2, -0.15) is 0 Å². The molecule has 0 saturated carbocycles. The van der Waals surface area contributed by atoms with Gasteiger partial charge in [0.2, 0.25) is 5.91 Å². The van der Waals surface area contributed by atoms with Crippen molar-refractivity contribution in [1.29, 1.82) is 0 Å².